The molecule has 3 aliphatic rings. The monoisotopic (exact) mass is 348 g/mol. The molecule has 3 atom stereocenters. The summed E-state index contributed by atoms with van der Waals surface area (Å²) in [6.45, 7) is 5.85. The van der Waals surface area contributed by atoms with Crippen LogP contribution in [0.4, 0.5) is 5.82 Å². The lowest BCUT2D eigenvalue weighted by molar-refractivity contribution is -0.0739. The van der Waals surface area contributed by atoms with Gasteiger partial charge in [0.05, 0.1) is 32.5 Å². The second kappa shape index (κ2) is 7.85. The van der Waals surface area contributed by atoms with E-state index in [1.54, 1.807) is 13.4 Å². The van der Waals surface area contributed by atoms with Gasteiger partial charge < -0.3 is 24.0 Å². The van der Waals surface area contributed by atoms with Crippen LogP contribution in [0.3, 0.4) is 0 Å². The molecule has 1 aromatic heterocycles. The maximum atomic E-state index is 6.21. The molecular weight excluding hydrogens is 320 g/mol. The minimum absolute atomic E-state index is 0.133. The summed E-state index contributed by atoms with van der Waals surface area (Å²) in [6, 6.07) is 2.23. The van der Waals surface area contributed by atoms with E-state index in [0.717, 1.165) is 38.4 Å². The average molecular weight is 348 g/mol. The van der Waals surface area contributed by atoms with E-state index in [2.05, 4.69) is 19.8 Å². The molecule has 3 fully saturated rings. The van der Waals surface area contributed by atoms with Crippen LogP contribution in [-0.4, -0.2) is 79.6 Å². The maximum Gasteiger partial charge on any atom is 0.218 e. The van der Waals surface area contributed by atoms with E-state index in [0.29, 0.717) is 18.5 Å². The second-order valence-corrected chi connectivity index (χ2v) is 7.05. The first kappa shape index (κ1) is 17.0. The molecule has 0 unspecified atom stereocenters. The third kappa shape index (κ3) is 3.73. The zero-order valence-electron chi connectivity index (χ0n) is 15.0. The van der Waals surface area contributed by atoms with Crippen molar-refractivity contribution in [1.82, 2.24) is 14.9 Å². The first-order valence-electron chi connectivity index (χ1n) is 9.43. The molecule has 2 saturated heterocycles. The third-order valence-electron chi connectivity index (χ3n) is 5.60. The summed E-state index contributed by atoms with van der Waals surface area (Å²) in [7, 11) is 1.63. The van der Waals surface area contributed by atoms with Crippen LogP contribution in [0.25, 0.3) is 0 Å². The third-order valence-corrected chi connectivity index (χ3v) is 5.60. The fourth-order valence-electron chi connectivity index (χ4n) is 4.32. The number of hydrogen-bond donors (Lipinski definition) is 0. The summed E-state index contributed by atoms with van der Waals surface area (Å²) in [6.07, 6.45) is 6.67. The second-order valence-electron chi connectivity index (χ2n) is 7.05. The van der Waals surface area contributed by atoms with Crippen molar-refractivity contribution in [3.05, 3.63) is 12.4 Å². The molecule has 4 rings (SSSR count). The Labute approximate surface area is 149 Å². The van der Waals surface area contributed by atoms with Crippen molar-refractivity contribution in [3.8, 4) is 5.88 Å². The minimum Gasteiger partial charge on any atom is -0.481 e. The van der Waals surface area contributed by atoms with Gasteiger partial charge in [0, 0.05) is 19.2 Å². The molecule has 0 aromatic carbocycles. The minimum atomic E-state index is 0.133. The van der Waals surface area contributed by atoms with E-state index in [-0.39, 0.29) is 12.2 Å². The number of fused-ring (bicyclic) bond motifs is 1. The van der Waals surface area contributed by atoms with E-state index >= 15 is 0 Å². The first-order chi connectivity index (χ1) is 12.3. The fourth-order valence-corrected chi connectivity index (χ4v) is 4.32. The van der Waals surface area contributed by atoms with Gasteiger partial charge in [0.15, 0.2) is 0 Å². The zero-order chi connectivity index (χ0) is 17.1. The quantitative estimate of drug-likeness (QED) is 0.769. The highest BCUT2D eigenvalue weighted by Crippen LogP contribution is 2.34. The van der Waals surface area contributed by atoms with Gasteiger partial charge in [-0.15, -0.1) is 0 Å². The maximum absolute atomic E-state index is 6.21. The molecule has 7 nitrogen and oxygen atoms in total. The SMILES string of the molecule is COc1cc(N2CCO[C@H]3[C@H](OCCN4CCCC4)CC[C@@H]32)ncn1. The van der Waals surface area contributed by atoms with Crippen molar-refractivity contribution in [2.24, 2.45) is 0 Å². The predicted molar refractivity (Wildman–Crippen MR) is 94.1 cm³/mol. The Morgan fingerprint density at radius 1 is 1.20 bits per heavy atom. The number of morpholine rings is 1. The van der Waals surface area contributed by atoms with Gasteiger partial charge in [-0.1, -0.05) is 0 Å². The highest BCUT2D eigenvalue weighted by molar-refractivity contribution is 5.43. The summed E-state index contributed by atoms with van der Waals surface area (Å²) in [5.41, 5.74) is 0. The topological polar surface area (TPSA) is 60.0 Å². The van der Waals surface area contributed by atoms with Gasteiger partial charge in [-0.05, 0) is 38.8 Å². The van der Waals surface area contributed by atoms with Crippen LogP contribution in [0.15, 0.2) is 12.4 Å². The molecule has 2 aliphatic heterocycles. The lowest BCUT2D eigenvalue weighted by Crippen LogP contribution is -2.52. The van der Waals surface area contributed by atoms with Crippen LogP contribution in [0, 0.1) is 0 Å². The average Bonchev–Trinajstić information content (AvgIpc) is 3.32. The van der Waals surface area contributed by atoms with E-state index in [4.69, 9.17) is 14.2 Å². The molecule has 3 heterocycles. The smallest absolute Gasteiger partial charge is 0.218 e. The van der Waals surface area contributed by atoms with Crippen LogP contribution in [-0.2, 0) is 9.47 Å². The molecule has 7 heteroatoms. The van der Waals surface area contributed by atoms with Crippen molar-refractivity contribution < 1.29 is 14.2 Å². The number of likely N-dealkylation sites (tertiary alicyclic amines) is 1. The summed E-state index contributed by atoms with van der Waals surface area (Å²) < 4.78 is 17.5. The van der Waals surface area contributed by atoms with Gasteiger partial charge in [-0.2, -0.15) is 0 Å². The predicted octanol–water partition coefficient (Wildman–Crippen LogP) is 1.33. The van der Waals surface area contributed by atoms with Crippen LogP contribution < -0.4 is 9.64 Å². The Bertz CT molecular complexity index is 567. The molecule has 1 aliphatic carbocycles. The standard InChI is InChI=1S/C18H28N4O3/c1-23-17-12-16(19-13-20-17)22-9-11-25-18-14(22)4-5-15(18)24-10-8-21-6-2-3-7-21/h12-15,18H,2-11H2,1H3/t14-,15+,18+/m0/s1. The molecule has 25 heavy (non-hydrogen) atoms. The largest absolute Gasteiger partial charge is 0.481 e. The van der Waals surface area contributed by atoms with Crippen molar-refractivity contribution in [3.63, 3.8) is 0 Å². The first-order valence-corrected chi connectivity index (χ1v) is 9.43. The van der Waals surface area contributed by atoms with Crippen LogP contribution in [0.2, 0.25) is 0 Å². The summed E-state index contributed by atoms with van der Waals surface area (Å²) in [5.74, 6) is 1.52. The van der Waals surface area contributed by atoms with Gasteiger partial charge in [-0.3, -0.25) is 0 Å². The van der Waals surface area contributed by atoms with Crippen LogP contribution in [0.1, 0.15) is 25.7 Å². The van der Waals surface area contributed by atoms with Gasteiger partial charge in [0.1, 0.15) is 18.2 Å². The normalized spacial score (nSPS) is 29.8. The molecule has 0 spiro atoms. The highest BCUT2D eigenvalue weighted by atomic mass is 16.5. The summed E-state index contributed by atoms with van der Waals surface area (Å²) in [4.78, 5) is 13.4. The Morgan fingerprint density at radius 2 is 2.08 bits per heavy atom. The Hall–Kier alpha value is -1.44. The van der Waals surface area contributed by atoms with Gasteiger partial charge >= 0.3 is 0 Å². The molecule has 0 N–H and O–H groups in total. The van der Waals surface area contributed by atoms with Crippen molar-refractivity contribution in [2.45, 2.75) is 43.9 Å². The lowest BCUT2D eigenvalue weighted by atomic mass is 10.1. The van der Waals surface area contributed by atoms with Crippen LogP contribution >= 0.6 is 0 Å². The molecule has 1 saturated carbocycles. The molecule has 0 radical (unpaired) electrons. The van der Waals surface area contributed by atoms with E-state index < -0.39 is 0 Å². The highest BCUT2D eigenvalue weighted by Gasteiger charge is 2.44. The molecular formula is C18H28N4O3. The summed E-state index contributed by atoms with van der Waals surface area (Å²) in [5, 5.41) is 0. The van der Waals surface area contributed by atoms with Crippen molar-refractivity contribution in [2.75, 3.05) is 51.4 Å². The van der Waals surface area contributed by atoms with E-state index in [9.17, 15) is 0 Å². The van der Waals surface area contributed by atoms with Gasteiger partial charge in [-0.25, -0.2) is 9.97 Å². The number of nitrogens with zero attached hydrogens (tertiary/aromatic N) is 4. The summed E-state index contributed by atoms with van der Waals surface area (Å²) >= 11 is 0. The zero-order valence-corrected chi connectivity index (χ0v) is 15.0. The van der Waals surface area contributed by atoms with Crippen molar-refractivity contribution >= 4 is 5.82 Å². The van der Waals surface area contributed by atoms with Gasteiger partial charge in [0.2, 0.25) is 5.88 Å². The van der Waals surface area contributed by atoms with E-state index in [1.165, 1.54) is 25.9 Å². The number of aromatic nitrogens is 2. The number of ether oxygens (including phenoxy) is 3. The number of rotatable bonds is 6. The molecule has 0 amide bonds. The van der Waals surface area contributed by atoms with Crippen molar-refractivity contribution in [1.29, 1.82) is 0 Å². The molecule has 0 bridgehead atoms. The number of anilines is 1. The number of hydrogen-bond acceptors (Lipinski definition) is 7. The Balaban J connectivity index is 1.36. The Kier molecular flexibility index (Phi) is 5.33. The fraction of sp³-hybridized carbons (Fsp3) is 0.778. The van der Waals surface area contributed by atoms with E-state index in [1.807, 2.05) is 6.07 Å². The lowest BCUT2D eigenvalue weighted by Gasteiger charge is -2.39. The van der Waals surface area contributed by atoms with Crippen LogP contribution in [0.5, 0.6) is 5.88 Å². The molecule has 1 aromatic rings. The Morgan fingerprint density at radius 3 is 2.92 bits per heavy atom. The number of methoxy groups -OCH3 is 1. The van der Waals surface area contributed by atoms with Gasteiger partial charge in [0.25, 0.3) is 0 Å². The molecule has 138 valence electrons.